The molecular weight excluding hydrogens is 222 g/mol. The fraction of sp³-hybridized carbons (Fsp3) is 0.538. The van der Waals surface area contributed by atoms with Gasteiger partial charge in [-0.25, -0.2) is 0 Å². The van der Waals surface area contributed by atoms with E-state index in [1.165, 1.54) is 18.4 Å². The van der Waals surface area contributed by atoms with E-state index in [0.717, 1.165) is 23.9 Å². The molecule has 0 saturated carbocycles. The molecule has 0 radical (unpaired) electrons. The Hall–Kier alpha value is -0.730. The third-order valence-electron chi connectivity index (χ3n) is 3.36. The number of rotatable bonds is 2. The van der Waals surface area contributed by atoms with Crippen LogP contribution in [0, 0.1) is 0 Å². The van der Waals surface area contributed by atoms with Gasteiger partial charge in [0.1, 0.15) is 5.75 Å². The predicted molar refractivity (Wildman–Crippen MR) is 67.5 cm³/mol. The van der Waals surface area contributed by atoms with Gasteiger partial charge >= 0.3 is 0 Å². The van der Waals surface area contributed by atoms with Crippen LogP contribution in [0.4, 0.5) is 0 Å². The highest BCUT2D eigenvalue weighted by Crippen LogP contribution is 2.37. The molecule has 0 aliphatic carbocycles. The second-order valence-electron chi connectivity index (χ2n) is 4.44. The van der Waals surface area contributed by atoms with Crippen LogP contribution >= 0.6 is 11.6 Å². The van der Waals surface area contributed by atoms with Crippen LogP contribution < -0.4 is 4.74 Å². The van der Waals surface area contributed by atoms with E-state index in [1.54, 1.807) is 7.11 Å². The molecule has 0 atom stereocenters. The molecule has 0 unspecified atom stereocenters. The van der Waals surface area contributed by atoms with Gasteiger partial charge in [-0.05, 0) is 50.5 Å². The van der Waals surface area contributed by atoms with Gasteiger partial charge in [-0.3, -0.25) is 0 Å². The zero-order valence-electron chi connectivity index (χ0n) is 9.87. The summed E-state index contributed by atoms with van der Waals surface area (Å²) in [6.45, 7) is 2.31. The van der Waals surface area contributed by atoms with E-state index in [-0.39, 0.29) is 0 Å². The Kier molecular flexibility index (Phi) is 3.72. The van der Waals surface area contributed by atoms with E-state index in [4.69, 9.17) is 16.3 Å². The van der Waals surface area contributed by atoms with E-state index in [9.17, 15) is 0 Å². The number of para-hydroxylation sites is 1. The van der Waals surface area contributed by atoms with Gasteiger partial charge in [-0.15, -0.1) is 0 Å². The number of likely N-dealkylation sites (tertiary alicyclic amines) is 1. The fourth-order valence-electron chi connectivity index (χ4n) is 2.38. The summed E-state index contributed by atoms with van der Waals surface area (Å²) in [5.74, 6) is 1.45. The van der Waals surface area contributed by atoms with Crippen molar-refractivity contribution < 1.29 is 4.74 Å². The highest BCUT2D eigenvalue weighted by molar-refractivity contribution is 6.32. The van der Waals surface area contributed by atoms with Crippen LogP contribution in [0.1, 0.15) is 24.3 Å². The molecule has 1 saturated heterocycles. The summed E-state index contributed by atoms with van der Waals surface area (Å²) in [6.07, 6.45) is 2.38. The van der Waals surface area contributed by atoms with Crippen LogP contribution in [-0.4, -0.2) is 32.1 Å². The maximum absolute atomic E-state index is 6.14. The van der Waals surface area contributed by atoms with Crippen molar-refractivity contribution in [2.24, 2.45) is 0 Å². The quantitative estimate of drug-likeness (QED) is 0.786. The molecule has 1 heterocycles. The van der Waals surface area contributed by atoms with Gasteiger partial charge in [0.05, 0.1) is 12.1 Å². The third kappa shape index (κ3) is 2.33. The molecule has 0 bridgehead atoms. The first-order chi connectivity index (χ1) is 7.72. The van der Waals surface area contributed by atoms with Crippen LogP contribution in [-0.2, 0) is 0 Å². The van der Waals surface area contributed by atoms with Crippen LogP contribution in [0.5, 0.6) is 5.75 Å². The summed E-state index contributed by atoms with van der Waals surface area (Å²) in [5, 5.41) is 0.721. The van der Waals surface area contributed by atoms with Crippen LogP contribution in [0.25, 0.3) is 0 Å². The maximum atomic E-state index is 6.14. The Morgan fingerprint density at radius 2 is 2.00 bits per heavy atom. The van der Waals surface area contributed by atoms with Gasteiger partial charge in [-0.1, -0.05) is 23.7 Å². The van der Waals surface area contributed by atoms with Gasteiger partial charge in [0.2, 0.25) is 0 Å². The maximum Gasteiger partial charge on any atom is 0.140 e. The molecule has 2 nitrogen and oxygen atoms in total. The van der Waals surface area contributed by atoms with E-state index in [1.807, 2.05) is 12.1 Å². The summed E-state index contributed by atoms with van der Waals surface area (Å²) in [6, 6.07) is 6.04. The van der Waals surface area contributed by atoms with Crippen molar-refractivity contribution in [1.82, 2.24) is 4.90 Å². The van der Waals surface area contributed by atoms with E-state index >= 15 is 0 Å². The standard InChI is InChI=1S/C13H18ClNO/c1-15-8-6-10(7-9-15)11-4-3-5-12(14)13(11)16-2/h3-5,10H,6-9H2,1-2H3. The molecule has 3 heteroatoms. The van der Waals surface area contributed by atoms with Gasteiger partial charge in [0, 0.05) is 0 Å². The van der Waals surface area contributed by atoms with Crippen LogP contribution in [0.15, 0.2) is 18.2 Å². The molecule has 88 valence electrons. The summed E-state index contributed by atoms with van der Waals surface area (Å²) in [5.41, 5.74) is 1.27. The zero-order valence-corrected chi connectivity index (χ0v) is 10.6. The van der Waals surface area contributed by atoms with Gasteiger partial charge < -0.3 is 9.64 Å². The number of benzene rings is 1. The second kappa shape index (κ2) is 5.07. The third-order valence-corrected chi connectivity index (χ3v) is 3.66. The second-order valence-corrected chi connectivity index (χ2v) is 4.85. The van der Waals surface area contributed by atoms with Crippen LogP contribution in [0.3, 0.4) is 0 Å². The minimum atomic E-state index is 0.588. The molecule has 1 aromatic rings. The monoisotopic (exact) mass is 239 g/mol. The summed E-state index contributed by atoms with van der Waals surface area (Å²) in [4.78, 5) is 2.37. The average Bonchev–Trinajstić information content (AvgIpc) is 2.30. The van der Waals surface area contributed by atoms with Crippen molar-refractivity contribution in [3.05, 3.63) is 28.8 Å². The van der Waals surface area contributed by atoms with E-state index < -0.39 is 0 Å². The smallest absolute Gasteiger partial charge is 0.140 e. The molecule has 1 fully saturated rings. The predicted octanol–water partition coefficient (Wildman–Crippen LogP) is 3.16. The first-order valence-corrected chi connectivity index (χ1v) is 6.11. The SMILES string of the molecule is COc1c(Cl)cccc1C1CCN(C)CC1. The van der Waals surface area contributed by atoms with E-state index in [2.05, 4.69) is 18.0 Å². The molecule has 0 amide bonds. The van der Waals surface area contributed by atoms with Crippen LogP contribution in [0.2, 0.25) is 5.02 Å². The summed E-state index contributed by atoms with van der Waals surface area (Å²) in [7, 11) is 3.87. The van der Waals surface area contributed by atoms with Gasteiger partial charge in [-0.2, -0.15) is 0 Å². The minimum absolute atomic E-state index is 0.588. The Morgan fingerprint density at radius 3 is 2.62 bits per heavy atom. The van der Waals surface area contributed by atoms with Gasteiger partial charge in [0.15, 0.2) is 0 Å². The molecular formula is C13H18ClNO. The number of hydrogen-bond donors (Lipinski definition) is 0. The number of methoxy groups -OCH3 is 1. The highest BCUT2D eigenvalue weighted by atomic mass is 35.5. The molecule has 0 aromatic heterocycles. The lowest BCUT2D eigenvalue weighted by molar-refractivity contribution is 0.252. The number of hydrogen-bond acceptors (Lipinski definition) is 2. The van der Waals surface area contributed by atoms with Gasteiger partial charge in [0.25, 0.3) is 0 Å². The first kappa shape index (κ1) is 11.7. The lowest BCUT2D eigenvalue weighted by Gasteiger charge is -2.30. The Labute approximate surface area is 102 Å². The molecule has 1 aromatic carbocycles. The number of piperidine rings is 1. The number of halogens is 1. The fourth-order valence-corrected chi connectivity index (χ4v) is 2.64. The molecule has 1 aliphatic rings. The summed E-state index contributed by atoms with van der Waals surface area (Å²) < 4.78 is 5.41. The highest BCUT2D eigenvalue weighted by Gasteiger charge is 2.22. The lowest BCUT2D eigenvalue weighted by Crippen LogP contribution is -2.29. The zero-order chi connectivity index (χ0) is 11.5. The topological polar surface area (TPSA) is 12.5 Å². The molecule has 2 rings (SSSR count). The molecule has 0 N–H and O–H groups in total. The largest absolute Gasteiger partial charge is 0.495 e. The Morgan fingerprint density at radius 1 is 1.31 bits per heavy atom. The van der Waals surface area contributed by atoms with Crippen molar-refractivity contribution in [3.8, 4) is 5.75 Å². The number of nitrogens with zero attached hydrogens (tertiary/aromatic N) is 1. The lowest BCUT2D eigenvalue weighted by atomic mass is 9.89. The minimum Gasteiger partial charge on any atom is -0.495 e. The first-order valence-electron chi connectivity index (χ1n) is 5.73. The van der Waals surface area contributed by atoms with Crippen molar-refractivity contribution in [3.63, 3.8) is 0 Å². The summed E-state index contributed by atoms with van der Waals surface area (Å²) >= 11 is 6.14. The normalized spacial score (nSPS) is 18.7. The Bertz CT molecular complexity index is 359. The number of ether oxygens (including phenoxy) is 1. The molecule has 0 spiro atoms. The molecule has 16 heavy (non-hydrogen) atoms. The average molecular weight is 240 g/mol. The van der Waals surface area contributed by atoms with Crippen molar-refractivity contribution in [2.45, 2.75) is 18.8 Å². The Balaban J connectivity index is 2.23. The molecule has 1 aliphatic heterocycles. The van der Waals surface area contributed by atoms with Crippen molar-refractivity contribution in [1.29, 1.82) is 0 Å². The van der Waals surface area contributed by atoms with Crippen molar-refractivity contribution >= 4 is 11.6 Å². The van der Waals surface area contributed by atoms with E-state index in [0.29, 0.717) is 5.92 Å². The van der Waals surface area contributed by atoms with Crippen molar-refractivity contribution in [2.75, 3.05) is 27.2 Å².